The number of aromatic amines is 1. The molecule has 0 aliphatic heterocycles. The molecule has 0 saturated heterocycles. The van der Waals surface area contributed by atoms with E-state index in [9.17, 15) is 9.90 Å². The first-order chi connectivity index (χ1) is 12.6. The van der Waals surface area contributed by atoms with Gasteiger partial charge in [0.15, 0.2) is 5.78 Å². The number of nitrogens with one attached hydrogen (secondary N) is 1. The monoisotopic (exact) mass is 378 g/mol. The van der Waals surface area contributed by atoms with Crippen molar-refractivity contribution in [1.82, 2.24) is 20.6 Å². The van der Waals surface area contributed by atoms with E-state index in [2.05, 4.69) is 20.6 Å². The fourth-order valence-electron chi connectivity index (χ4n) is 2.65. The second kappa shape index (κ2) is 10.8. The SMILES string of the molecule is CCCc1c(OCCCCCCSc2nnn[nH]2)ccc(C(C)=O)c1O. The predicted molar refractivity (Wildman–Crippen MR) is 101 cm³/mol. The van der Waals surface area contributed by atoms with Crippen LogP contribution in [0.1, 0.15) is 61.9 Å². The molecule has 2 rings (SSSR count). The molecule has 1 aromatic heterocycles. The van der Waals surface area contributed by atoms with Crippen molar-refractivity contribution in [1.29, 1.82) is 0 Å². The molecule has 0 unspecified atom stereocenters. The zero-order valence-electron chi connectivity index (χ0n) is 15.3. The summed E-state index contributed by atoms with van der Waals surface area (Å²) in [5.74, 6) is 1.60. The largest absolute Gasteiger partial charge is 0.507 e. The van der Waals surface area contributed by atoms with Crippen molar-refractivity contribution in [2.75, 3.05) is 12.4 Å². The highest BCUT2D eigenvalue weighted by atomic mass is 32.2. The van der Waals surface area contributed by atoms with E-state index in [1.165, 1.54) is 6.92 Å². The third-order valence-electron chi connectivity index (χ3n) is 3.98. The van der Waals surface area contributed by atoms with Gasteiger partial charge in [0, 0.05) is 11.3 Å². The number of nitrogens with zero attached hydrogens (tertiary/aromatic N) is 3. The Balaban J connectivity index is 1.71. The molecule has 0 aliphatic carbocycles. The van der Waals surface area contributed by atoms with Crippen LogP contribution in [0.3, 0.4) is 0 Å². The van der Waals surface area contributed by atoms with E-state index >= 15 is 0 Å². The van der Waals surface area contributed by atoms with Crippen LogP contribution in [-0.2, 0) is 6.42 Å². The van der Waals surface area contributed by atoms with Gasteiger partial charge < -0.3 is 9.84 Å². The van der Waals surface area contributed by atoms with E-state index in [1.807, 2.05) is 6.92 Å². The molecule has 0 aliphatic rings. The number of aromatic nitrogens is 4. The van der Waals surface area contributed by atoms with Crippen LogP contribution >= 0.6 is 11.8 Å². The fraction of sp³-hybridized carbons (Fsp3) is 0.556. The Hall–Kier alpha value is -2.09. The number of carbonyl (C=O) groups is 1. The molecule has 0 spiro atoms. The lowest BCUT2D eigenvalue weighted by molar-refractivity contribution is 0.101. The van der Waals surface area contributed by atoms with Crippen LogP contribution in [0.15, 0.2) is 17.3 Å². The van der Waals surface area contributed by atoms with Gasteiger partial charge in [0.05, 0.1) is 12.2 Å². The van der Waals surface area contributed by atoms with Gasteiger partial charge in [0.1, 0.15) is 11.5 Å². The lowest BCUT2D eigenvalue weighted by Crippen LogP contribution is -2.03. The predicted octanol–water partition coefficient (Wildman–Crippen LogP) is 3.79. The van der Waals surface area contributed by atoms with Gasteiger partial charge in [-0.1, -0.05) is 37.9 Å². The van der Waals surface area contributed by atoms with E-state index < -0.39 is 0 Å². The van der Waals surface area contributed by atoms with Gasteiger partial charge in [0.2, 0.25) is 5.16 Å². The molecule has 0 fully saturated rings. The molecule has 7 nitrogen and oxygen atoms in total. The number of aromatic hydroxyl groups is 1. The number of ether oxygens (including phenoxy) is 1. The van der Waals surface area contributed by atoms with Crippen LogP contribution in [0.25, 0.3) is 0 Å². The third kappa shape index (κ3) is 6.01. The number of hydrogen-bond acceptors (Lipinski definition) is 7. The number of ketones is 1. The Morgan fingerprint density at radius 3 is 2.77 bits per heavy atom. The minimum atomic E-state index is -0.134. The third-order valence-corrected chi connectivity index (χ3v) is 4.92. The van der Waals surface area contributed by atoms with Crippen molar-refractivity contribution in [3.05, 3.63) is 23.3 Å². The first-order valence-electron chi connectivity index (χ1n) is 8.98. The Morgan fingerprint density at radius 1 is 1.27 bits per heavy atom. The zero-order valence-corrected chi connectivity index (χ0v) is 16.1. The maximum Gasteiger partial charge on any atom is 0.206 e. The molecule has 2 aromatic rings. The second-order valence-corrected chi connectivity index (χ2v) is 7.15. The van der Waals surface area contributed by atoms with Crippen LogP contribution in [0, 0.1) is 0 Å². The van der Waals surface area contributed by atoms with E-state index in [1.54, 1.807) is 23.9 Å². The summed E-state index contributed by atoms with van der Waals surface area (Å²) in [5, 5.41) is 24.7. The first kappa shape index (κ1) is 20.2. The molecule has 1 aromatic carbocycles. The fourth-order valence-corrected chi connectivity index (χ4v) is 3.39. The smallest absolute Gasteiger partial charge is 0.206 e. The van der Waals surface area contributed by atoms with Gasteiger partial charge in [-0.3, -0.25) is 4.79 Å². The molecule has 1 heterocycles. The van der Waals surface area contributed by atoms with E-state index in [0.29, 0.717) is 24.3 Å². The van der Waals surface area contributed by atoms with Crippen molar-refractivity contribution < 1.29 is 14.6 Å². The molecule has 26 heavy (non-hydrogen) atoms. The van der Waals surface area contributed by atoms with Crippen LogP contribution in [0.5, 0.6) is 11.5 Å². The van der Waals surface area contributed by atoms with Crippen molar-refractivity contribution in [3.8, 4) is 11.5 Å². The van der Waals surface area contributed by atoms with Crippen LogP contribution in [0.4, 0.5) is 0 Å². The number of H-pyrrole nitrogens is 1. The summed E-state index contributed by atoms with van der Waals surface area (Å²) < 4.78 is 5.86. The summed E-state index contributed by atoms with van der Waals surface area (Å²) in [7, 11) is 0. The molecular formula is C18H26N4O3S. The molecule has 0 radical (unpaired) electrons. The Kier molecular flexibility index (Phi) is 8.40. The van der Waals surface area contributed by atoms with Crippen LogP contribution < -0.4 is 4.74 Å². The molecule has 0 atom stereocenters. The average molecular weight is 378 g/mol. The minimum absolute atomic E-state index is 0.0655. The number of carbonyl (C=O) groups excluding carboxylic acids is 1. The van der Waals surface area contributed by atoms with Crippen LogP contribution in [-0.4, -0.2) is 43.9 Å². The van der Waals surface area contributed by atoms with Gasteiger partial charge >= 0.3 is 0 Å². The summed E-state index contributed by atoms with van der Waals surface area (Å²) in [4.78, 5) is 11.6. The summed E-state index contributed by atoms with van der Waals surface area (Å²) >= 11 is 1.62. The van der Waals surface area contributed by atoms with Crippen molar-refractivity contribution >= 4 is 17.5 Å². The lowest BCUT2D eigenvalue weighted by Gasteiger charge is -2.14. The van der Waals surface area contributed by atoms with Crippen molar-refractivity contribution in [2.24, 2.45) is 0 Å². The number of phenols is 1. The first-order valence-corrected chi connectivity index (χ1v) is 9.97. The number of benzene rings is 1. The second-order valence-electron chi connectivity index (χ2n) is 6.06. The number of Topliss-reactive ketones (excluding diaryl/α,β-unsaturated/α-hetero) is 1. The van der Waals surface area contributed by atoms with Gasteiger partial charge in [-0.15, -0.1) is 5.10 Å². The van der Waals surface area contributed by atoms with Crippen molar-refractivity contribution in [2.45, 2.75) is 57.5 Å². The normalized spacial score (nSPS) is 10.8. The number of rotatable bonds is 12. The number of phenolic OH excluding ortho intramolecular Hbond substituents is 1. The molecule has 2 N–H and O–H groups in total. The highest BCUT2D eigenvalue weighted by Crippen LogP contribution is 2.33. The topological polar surface area (TPSA) is 101 Å². The molecule has 0 saturated carbocycles. The highest BCUT2D eigenvalue weighted by Gasteiger charge is 2.15. The van der Waals surface area contributed by atoms with Gasteiger partial charge in [-0.2, -0.15) is 0 Å². The molecule has 142 valence electrons. The highest BCUT2D eigenvalue weighted by molar-refractivity contribution is 7.99. The minimum Gasteiger partial charge on any atom is -0.507 e. The molecule has 0 bridgehead atoms. The standard InChI is InChI=1S/C18H26N4O3S/c1-3-8-15-16(10-9-14(13(2)23)17(15)24)25-11-6-4-5-7-12-26-18-19-21-22-20-18/h9-10,24H,3-8,11-12H2,1-2H3,(H,19,20,21,22). The Morgan fingerprint density at radius 2 is 2.08 bits per heavy atom. The Bertz CT molecular complexity index is 692. The molecule has 8 heteroatoms. The molecule has 0 amide bonds. The maximum absolute atomic E-state index is 11.6. The van der Waals surface area contributed by atoms with E-state index in [0.717, 1.165) is 48.6 Å². The maximum atomic E-state index is 11.6. The summed E-state index contributed by atoms with van der Waals surface area (Å²) in [6.07, 6.45) is 5.82. The van der Waals surface area contributed by atoms with E-state index in [-0.39, 0.29) is 11.5 Å². The summed E-state index contributed by atoms with van der Waals surface area (Å²) in [5.41, 5.74) is 1.09. The summed E-state index contributed by atoms with van der Waals surface area (Å²) in [6.45, 7) is 4.10. The molecular weight excluding hydrogens is 352 g/mol. The quantitative estimate of drug-likeness (QED) is 0.329. The van der Waals surface area contributed by atoms with Gasteiger partial charge in [0.25, 0.3) is 0 Å². The lowest BCUT2D eigenvalue weighted by atomic mass is 10.0. The number of unbranched alkanes of at least 4 members (excludes halogenated alkanes) is 3. The number of tetrazole rings is 1. The van der Waals surface area contributed by atoms with E-state index in [4.69, 9.17) is 4.74 Å². The van der Waals surface area contributed by atoms with Crippen molar-refractivity contribution in [3.63, 3.8) is 0 Å². The average Bonchev–Trinajstić information content (AvgIpc) is 3.13. The van der Waals surface area contributed by atoms with Gasteiger partial charge in [-0.05, 0) is 48.7 Å². The van der Waals surface area contributed by atoms with Gasteiger partial charge in [-0.25, -0.2) is 5.10 Å². The number of thioether (sulfide) groups is 1. The summed E-state index contributed by atoms with van der Waals surface area (Å²) in [6, 6.07) is 3.44. The number of hydrogen-bond donors (Lipinski definition) is 2. The zero-order chi connectivity index (χ0) is 18.8. The van der Waals surface area contributed by atoms with Crippen LogP contribution in [0.2, 0.25) is 0 Å². The Labute approximate surface area is 157 Å².